The van der Waals surface area contributed by atoms with Crippen LogP contribution < -0.4 is 5.73 Å². The summed E-state index contributed by atoms with van der Waals surface area (Å²) in [6, 6.07) is 8.59. The maximum atomic E-state index is 6.13. The summed E-state index contributed by atoms with van der Waals surface area (Å²) in [7, 11) is 0. The summed E-state index contributed by atoms with van der Waals surface area (Å²) in [5.74, 6) is 0. The van der Waals surface area contributed by atoms with Crippen LogP contribution in [0.2, 0.25) is 0 Å². The van der Waals surface area contributed by atoms with Gasteiger partial charge in [-0.3, -0.25) is 0 Å². The van der Waals surface area contributed by atoms with Gasteiger partial charge in [-0.2, -0.15) is 0 Å². The van der Waals surface area contributed by atoms with Gasteiger partial charge in [-0.05, 0) is 43.4 Å². The number of hydrogen-bond donors (Lipinski definition) is 1. The van der Waals surface area contributed by atoms with E-state index < -0.39 is 0 Å². The smallest absolute Gasteiger partial charge is 0.0590 e. The van der Waals surface area contributed by atoms with Gasteiger partial charge in [-0.25, -0.2) is 0 Å². The van der Waals surface area contributed by atoms with Crippen molar-refractivity contribution < 1.29 is 4.74 Å². The van der Waals surface area contributed by atoms with Crippen molar-refractivity contribution in [2.24, 2.45) is 5.73 Å². The maximum Gasteiger partial charge on any atom is 0.0590 e. The van der Waals surface area contributed by atoms with E-state index in [2.05, 4.69) is 40.2 Å². The lowest BCUT2D eigenvalue weighted by molar-refractivity contribution is 0.0983. The van der Waals surface area contributed by atoms with Gasteiger partial charge in [0, 0.05) is 17.1 Å². The number of ether oxygens (including phenoxy) is 1. The van der Waals surface area contributed by atoms with Crippen LogP contribution in [0.4, 0.5) is 0 Å². The molecule has 1 fully saturated rings. The van der Waals surface area contributed by atoms with Crippen LogP contribution in [-0.2, 0) is 11.2 Å². The van der Waals surface area contributed by atoms with E-state index >= 15 is 0 Å². The van der Waals surface area contributed by atoms with Crippen molar-refractivity contribution in [2.45, 2.75) is 37.8 Å². The second-order valence-corrected chi connectivity index (χ2v) is 5.38. The lowest BCUT2D eigenvalue weighted by atomic mass is 10.0. The van der Waals surface area contributed by atoms with E-state index in [1.165, 1.54) is 18.4 Å². The van der Waals surface area contributed by atoms with E-state index in [9.17, 15) is 0 Å². The molecule has 16 heavy (non-hydrogen) atoms. The third-order valence-corrected chi connectivity index (χ3v) is 3.53. The Hall–Kier alpha value is -0.380. The van der Waals surface area contributed by atoms with Gasteiger partial charge >= 0.3 is 0 Å². The highest BCUT2D eigenvalue weighted by atomic mass is 79.9. The zero-order valence-corrected chi connectivity index (χ0v) is 10.9. The molecule has 2 N–H and O–H groups in total. The van der Waals surface area contributed by atoms with Crippen LogP contribution in [0.1, 0.15) is 24.8 Å². The molecule has 88 valence electrons. The Labute approximate surface area is 105 Å². The zero-order valence-electron chi connectivity index (χ0n) is 9.36. The lowest BCUT2D eigenvalue weighted by Crippen LogP contribution is -2.28. The summed E-state index contributed by atoms with van der Waals surface area (Å²) in [6.45, 7) is 0.912. The normalized spacial score (nSPS) is 22.2. The standard InChI is InChI=1S/C13H18BrNO/c14-11-5-3-10(4-6-11)8-12(15)9-13-2-1-7-16-13/h3-6,12-13H,1-2,7-9,15H2. The third kappa shape index (κ3) is 3.58. The van der Waals surface area contributed by atoms with E-state index in [-0.39, 0.29) is 6.04 Å². The van der Waals surface area contributed by atoms with E-state index in [1.54, 1.807) is 0 Å². The van der Waals surface area contributed by atoms with Crippen LogP contribution in [0.5, 0.6) is 0 Å². The van der Waals surface area contributed by atoms with Gasteiger partial charge in [0.25, 0.3) is 0 Å². The molecular weight excluding hydrogens is 266 g/mol. The average molecular weight is 284 g/mol. The first kappa shape index (κ1) is 12.1. The molecule has 1 aromatic rings. The Bertz CT molecular complexity index is 319. The van der Waals surface area contributed by atoms with Gasteiger partial charge in [-0.15, -0.1) is 0 Å². The molecule has 1 saturated heterocycles. The van der Waals surface area contributed by atoms with Crippen molar-refractivity contribution >= 4 is 15.9 Å². The molecule has 0 spiro atoms. The number of benzene rings is 1. The van der Waals surface area contributed by atoms with Crippen molar-refractivity contribution in [3.05, 3.63) is 34.3 Å². The zero-order chi connectivity index (χ0) is 11.4. The molecule has 0 aromatic heterocycles. The first-order valence-corrected chi connectivity index (χ1v) is 6.65. The molecule has 2 nitrogen and oxygen atoms in total. The van der Waals surface area contributed by atoms with Crippen LogP contribution in [0, 0.1) is 0 Å². The van der Waals surface area contributed by atoms with Crippen LogP contribution in [0.25, 0.3) is 0 Å². The number of nitrogens with two attached hydrogens (primary N) is 1. The van der Waals surface area contributed by atoms with Crippen molar-refractivity contribution in [3.63, 3.8) is 0 Å². The first-order chi connectivity index (χ1) is 7.74. The minimum absolute atomic E-state index is 0.212. The van der Waals surface area contributed by atoms with Crippen molar-refractivity contribution in [2.75, 3.05) is 6.61 Å². The summed E-state index contributed by atoms with van der Waals surface area (Å²) in [4.78, 5) is 0. The van der Waals surface area contributed by atoms with Gasteiger partial charge in [0.2, 0.25) is 0 Å². The Kier molecular flexibility index (Phi) is 4.38. The molecule has 1 aliphatic rings. The number of halogens is 1. The molecule has 0 radical (unpaired) electrons. The Morgan fingerprint density at radius 3 is 2.75 bits per heavy atom. The van der Waals surface area contributed by atoms with Crippen LogP contribution in [-0.4, -0.2) is 18.8 Å². The highest BCUT2D eigenvalue weighted by Crippen LogP contribution is 2.18. The molecule has 0 amide bonds. The van der Waals surface area contributed by atoms with Gasteiger partial charge in [0.05, 0.1) is 6.10 Å². The molecular formula is C13H18BrNO. The molecule has 0 aliphatic carbocycles. The van der Waals surface area contributed by atoms with Crippen LogP contribution in [0.15, 0.2) is 28.7 Å². The Morgan fingerprint density at radius 2 is 2.12 bits per heavy atom. The largest absolute Gasteiger partial charge is 0.378 e. The fraction of sp³-hybridized carbons (Fsp3) is 0.538. The summed E-state index contributed by atoms with van der Waals surface area (Å²) in [5.41, 5.74) is 7.43. The topological polar surface area (TPSA) is 35.2 Å². The third-order valence-electron chi connectivity index (χ3n) is 3.00. The maximum absolute atomic E-state index is 6.13. The lowest BCUT2D eigenvalue weighted by Gasteiger charge is -2.16. The second-order valence-electron chi connectivity index (χ2n) is 4.46. The first-order valence-electron chi connectivity index (χ1n) is 5.85. The van der Waals surface area contributed by atoms with Gasteiger partial charge in [0.1, 0.15) is 0 Å². The molecule has 0 saturated carbocycles. The highest BCUT2D eigenvalue weighted by Gasteiger charge is 2.18. The van der Waals surface area contributed by atoms with Gasteiger partial charge in [0.15, 0.2) is 0 Å². The molecule has 1 aliphatic heterocycles. The minimum atomic E-state index is 0.212. The van der Waals surface area contributed by atoms with E-state index in [0.29, 0.717) is 6.10 Å². The van der Waals surface area contributed by atoms with Crippen LogP contribution >= 0.6 is 15.9 Å². The highest BCUT2D eigenvalue weighted by molar-refractivity contribution is 9.10. The Morgan fingerprint density at radius 1 is 1.38 bits per heavy atom. The molecule has 1 aromatic carbocycles. The SMILES string of the molecule is NC(Cc1ccc(Br)cc1)CC1CCCO1. The molecule has 2 unspecified atom stereocenters. The predicted molar refractivity (Wildman–Crippen MR) is 69.4 cm³/mol. The molecule has 2 atom stereocenters. The van der Waals surface area contributed by atoms with E-state index in [1.807, 2.05) is 0 Å². The van der Waals surface area contributed by atoms with E-state index in [0.717, 1.165) is 23.9 Å². The van der Waals surface area contributed by atoms with Gasteiger partial charge in [-0.1, -0.05) is 28.1 Å². The van der Waals surface area contributed by atoms with Crippen LogP contribution in [0.3, 0.4) is 0 Å². The molecule has 1 heterocycles. The second kappa shape index (κ2) is 5.80. The number of hydrogen-bond acceptors (Lipinski definition) is 2. The van der Waals surface area contributed by atoms with Crippen molar-refractivity contribution in [3.8, 4) is 0 Å². The summed E-state index contributed by atoms with van der Waals surface area (Å²) in [5, 5.41) is 0. The quantitative estimate of drug-likeness (QED) is 0.922. The molecule has 0 bridgehead atoms. The van der Waals surface area contributed by atoms with E-state index in [4.69, 9.17) is 10.5 Å². The monoisotopic (exact) mass is 283 g/mol. The predicted octanol–water partition coefficient (Wildman–Crippen LogP) is 2.89. The van der Waals surface area contributed by atoms with Crippen molar-refractivity contribution in [1.29, 1.82) is 0 Å². The average Bonchev–Trinajstić information content (AvgIpc) is 2.74. The molecule has 3 heteroatoms. The minimum Gasteiger partial charge on any atom is -0.378 e. The summed E-state index contributed by atoms with van der Waals surface area (Å²) < 4.78 is 6.71. The fourth-order valence-electron chi connectivity index (χ4n) is 2.17. The van der Waals surface area contributed by atoms with Crippen molar-refractivity contribution in [1.82, 2.24) is 0 Å². The number of rotatable bonds is 4. The van der Waals surface area contributed by atoms with Gasteiger partial charge < -0.3 is 10.5 Å². The summed E-state index contributed by atoms with van der Waals surface area (Å²) >= 11 is 3.43. The molecule has 2 rings (SSSR count). The fourth-order valence-corrected chi connectivity index (χ4v) is 2.44. The summed E-state index contributed by atoms with van der Waals surface area (Å²) in [6.07, 6.45) is 4.68. The Balaban J connectivity index is 1.81.